The Morgan fingerprint density at radius 1 is 1.04 bits per heavy atom. The Hall–Kier alpha value is -2.58. The van der Waals surface area contributed by atoms with Crippen molar-refractivity contribution < 1.29 is 22.7 Å². The van der Waals surface area contributed by atoms with E-state index in [1.807, 2.05) is 4.90 Å². The number of nitrogens with one attached hydrogen (secondary N) is 1. The summed E-state index contributed by atoms with van der Waals surface area (Å²) in [5.74, 6) is 1.31. The summed E-state index contributed by atoms with van der Waals surface area (Å²) in [6.45, 7) is 0.727. The maximum Gasteiger partial charge on any atom is 0.254 e. The van der Waals surface area contributed by atoms with Crippen molar-refractivity contribution in [2.75, 3.05) is 13.3 Å². The molecule has 28 heavy (non-hydrogen) atoms. The van der Waals surface area contributed by atoms with Crippen LogP contribution in [0.3, 0.4) is 0 Å². The second kappa shape index (κ2) is 6.49. The van der Waals surface area contributed by atoms with Crippen LogP contribution in [0.2, 0.25) is 0 Å². The zero-order chi connectivity index (χ0) is 19.3. The molecule has 0 spiro atoms. The number of hydrogen-bond donors (Lipinski definition) is 1. The lowest BCUT2D eigenvalue weighted by atomic mass is 10.0. The fraction of sp³-hybridized carbons (Fsp3) is 0.350. The summed E-state index contributed by atoms with van der Waals surface area (Å²) < 4.78 is 38.7. The highest BCUT2D eigenvalue weighted by molar-refractivity contribution is 7.89. The van der Waals surface area contributed by atoms with E-state index in [1.165, 1.54) is 0 Å². The molecule has 2 bridgehead atoms. The number of rotatable bonds is 4. The number of likely N-dealkylation sites (tertiary alicyclic amines) is 1. The zero-order valence-corrected chi connectivity index (χ0v) is 15.9. The van der Waals surface area contributed by atoms with Crippen LogP contribution in [0.25, 0.3) is 0 Å². The number of nitrogens with zero attached hydrogens (tertiary/aromatic N) is 1. The summed E-state index contributed by atoms with van der Waals surface area (Å²) in [7, 11) is -3.55. The third kappa shape index (κ3) is 2.93. The molecule has 1 saturated heterocycles. The Morgan fingerprint density at radius 2 is 1.82 bits per heavy atom. The Morgan fingerprint density at radius 3 is 2.57 bits per heavy atom. The van der Waals surface area contributed by atoms with Gasteiger partial charge >= 0.3 is 0 Å². The normalized spacial score (nSPS) is 25.3. The SMILES string of the molecule is O=C(c1ccc2c(c1)OCO2)N1C[C@@H]2C[C@H]1C[C@@H]2NS(=O)(=O)c1ccccc1. The molecule has 0 unspecified atom stereocenters. The number of fused-ring (bicyclic) bond motifs is 3. The van der Waals surface area contributed by atoms with Crippen LogP contribution in [-0.2, 0) is 10.0 Å². The van der Waals surface area contributed by atoms with E-state index in [4.69, 9.17) is 9.47 Å². The van der Waals surface area contributed by atoms with Gasteiger partial charge in [0, 0.05) is 24.2 Å². The minimum atomic E-state index is -3.55. The first kappa shape index (κ1) is 17.5. The molecule has 1 N–H and O–H groups in total. The number of sulfonamides is 1. The van der Waals surface area contributed by atoms with E-state index in [-0.39, 0.29) is 35.6 Å². The van der Waals surface area contributed by atoms with Gasteiger partial charge in [-0.15, -0.1) is 0 Å². The van der Waals surface area contributed by atoms with Gasteiger partial charge in [0.1, 0.15) is 0 Å². The molecule has 0 radical (unpaired) electrons. The van der Waals surface area contributed by atoms with Gasteiger partial charge in [-0.05, 0) is 49.1 Å². The summed E-state index contributed by atoms with van der Waals surface area (Å²) in [5, 5.41) is 0. The number of benzene rings is 2. The summed E-state index contributed by atoms with van der Waals surface area (Å²) in [6, 6.07) is 13.5. The van der Waals surface area contributed by atoms with Crippen LogP contribution in [0.5, 0.6) is 11.5 Å². The molecule has 2 aliphatic heterocycles. The molecule has 2 aromatic carbocycles. The highest BCUT2D eigenvalue weighted by Crippen LogP contribution is 2.40. The lowest BCUT2D eigenvalue weighted by Crippen LogP contribution is -2.47. The van der Waals surface area contributed by atoms with Crippen LogP contribution < -0.4 is 14.2 Å². The van der Waals surface area contributed by atoms with Crippen molar-refractivity contribution in [3.63, 3.8) is 0 Å². The fourth-order valence-corrected chi connectivity index (χ4v) is 5.75. The molecular weight excluding hydrogens is 380 g/mol. The number of piperidine rings is 1. The van der Waals surface area contributed by atoms with Crippen LogP contribution in [0.1, 0.15) is 23.2 Å². The number of ether oxygens (including phenoxy) is 2. The minimum absolute atomic E-state index is 0.0461. The van der Waals surface area contributed by atoms with Gasteiger partial charge in [-0.3, -0.25) is 4.79 Å². The summed E-state index contributed by atoms with van der Waals surface area (Å²) in [5.41, 5.74) is 0.568. The number of carbonyl (C=O) groups is 1. The molecule has 3 aliphatic rings. The van der Waals surface area contributed by atoms with Crippen LogP contribution >= 0.6 is 0 Å². The van der Waals surface area contributed by atoms with Crippen molar-refractivity contribution >= 4 is 15.9 Å². The Bertz CT molecular complexity index is 1020. The van der Waals surface area contributed by atoms with Gasteiger partial charge in [0.2, 0.25) is 16.8 Å². The molecule has 8 heteroatoms. The molecule has 2 aromatic rings. The highest BCUT2D eigenvalue weighted by atomic mass is 32.2. The maximum atomic E-state index is 12.9. The maximum absolute atomic E-state index is 12.9. The van der Waals surface area contributed by atoms with E-state index in [0.717, 1.165) is 6.42 Å². The highest BCUT2D eigenvalue weighted by Gasteiger charge is 2.47. The smallest absolute Gasteiger partial charge is 0.254 e. The number of amides is 1. The average molecular weight is 400 g/mol. The molecule has 2 fully saturated rings. The number of carbonyl (C=O) groups excluding carboxylic acids is 1. The van der Waals surface area contributed by atoms with Crippen molar-refractivity contribution in [3.8, 4) is 11.5 Å². The Balaban J connectivity index is 1.28. The predicted molar refractivity (Wildman–Crippen MR) is 101 cm³/mol. The van der Waals surface area contributed by atoms with E-state index in [9.17, 15) is 13.2 Å². The molecule has 1 saturated carbocycles. The quantitative estimate of drug-likeness (QED) is 0.849. The molecule has 1 amide bonds. The van der Waals surface area contributed by atoms with Crippen LogP contribution in [0.15, 0.2) is 53.4 Å². The predicted octanol–water partition coefficient (Wildman–Crippen LogP) is 2.00. The third-order valence-corrected chi connectivity index (χ3v) is 7.29. The second-order valence-electron chi connectivity index (χ2n) is 7.45. The van der Waals surface area contributed by atoms with Crippen LogP contribution in [0.4, 0.5) is 0 Å². The Labute approximate surface area is 163 Å². The monoisotopic (exact) mass is 400 g/mol. The molecular formula is C20H20N2O5S. The first-order chi connectivity index (χ1) is 13.5. The van der Waals surface area contributed by atoms with Gasteiger partial charge < -0.3 is 14.4 Å². The second-order valence-corrected chi connectivity index (χ2v) is 9.17. The lowest BCUT2D eigenvalue weighted by molar-refractivity contribution is 0.0691. The zero-order valence-electron chi connectivity index (χ0n) is 15.1. The number of hydrogen-bond acceptors (Lipinski definition) is 5. The van der Waals surface area contributed by atoms with E-state index < -0.39 is 10.0 Å². The third-order valence-electron chi connectivity index (χ3n) is 5.78. The van der Waals surface area contributed by atoms with Crippen molar-refractivity contribution in [1.82, 2.24) is 9.62 Å². The molecule has 3 atom stereocenters. The molecule has 2 heterocycles. The minimum Gasteiger partial charge on any atom is -0.454 e. The molecule has 146 valence electrons. The van der Waals surface area contributed by atoms with E-state index in [0.29, 0.717) is 30.0 Å². The van der Waals surface area contributed by atoms with E-state index >= 15 is 0 Å². The van der Waals surface area contributed by atoms with Crippen molar-refractivity contribution in [3.05, 3.63) is 54.1 Å². The first-order valence-electron chi connectivity index (χ1n) is 9.29. The molecule has 5 rings (SSSR count). The van der Waals surface area contributed by atoms with Gasteiger partial charge in [0.15, 0.2) is 11.5 Å². The van der Waals surface area contributed by atoms with Gasteiger partial charge in [0.25, 0.3) is 5.91 Å². The topological polar surface area (TPSA) is 84.9 Å². The van der Waals surface area contributed by atoms with Crippen molar-refractivity contribution in [2.45, 2.75) is 29.8 Å². The van der Waals surface area contributed by atoms with E-state index in [1.54, 1.807) is 48.5 Å². The summed E-state index contributed by atoms with van der Waals surface area (Å²) in [6.07, 6.45) is 1.45. The fourth-order valence-electron chi connectivity index (χ4n) is 4.41. The molecule has 0 aromatic heterocycles. The van der Waals surface area contributed by atoms with Crippen LogP contribution in [0, 0.1) is 5.92 Å². The first-order valence-corrected chi connectivity index (χ1v) is 10.8. The largest absolute Gasteiger partial charge is 0.454 e. The van der Waals surface area contributed by atoms with Crippen molar-refractivity contribution in [1.29, 1.82) is 0 Å². The molecule has 7 nitrogen and oxygen atoms in total. The summed E-state index contributed by atoms with van der Waals surface area (Å²) >= 11 is 0. The summed E-state index contributed by atoms with van der Waals surface area (Å²) in [4.78, 5) is 15.1. The Kier molecular flexibility index (Phi) is 4.06. The van der Waals surface area contributed by atoms with Gasteiger partial charge in [-0.1, -0.05) is 18.2 Å². The standard InChI is InChI=1S/C20H20N2O5S/c23-20(13-6-7-18-19(9-13)27-12-26-18)22-11-14-8-15(22)10-17(14)21-28(24,25)16-4-2-1-3-5-16/h1-7,9,14-15,17,21H,8,10-12H2/t14-,15-,17-/m0/s1. The lowest BCUT2D eigenvalue weighted by Gasteiger charge is -2.32. The average Bonchev–Trinajstić information content (AvgIpc) is 3.42. The van der Waals surface area contributed by atoms with Gasteiger partial charge in [0.05, 0.1) is 4.90 Å². The van der Waals surface area contributed by atoms with Gasteiger partial charge in [-0.2, -0.15) is 0 Å². The van der Waals surface area contributed by atoms with Gasteiger partial charge in [-0.25, -0.2) is 13.1 Å². The van der Waals surface area contributed by atoms with Crippen LogP contribution in [-0.4, -0.2) is 44.6 Å². The molecule has 1 aliphatic carbocycles. The van der Waals surface area contributed by atoms with E-state index in [2.05, 4.69) is 4.72 Å². The van der Waals surface area contributed by atoms with Crippen molar-refractivity contribution in [2.24, 2.45) is 5.92 Å².